The van der Waals surface area contributed by atoms with E-state index in [4.69, 9.17) is 5.11 Å². The Labute approximate surface area is 117 Å². The van der Waals surface area contributed by atoms with Gasteiger partial charge in [-0.1, -0.05) is 0 Å². The molecule has 0 bridgehead atoms. The van der Waals surface area contributed by atoms with Crippen molar-refractivity contribution in [3.63, 3.8) is 0 Å². The van der Waals surface area contributed by atoms with E-state index < -0.39 is 5.97 Å². The number of carbonyl (C=O) groups excluding carboxylic acids is 1. The average molecular weight is 280 g/mol. The maximum Gasteiger partial charge on any atom is 0.315 e. The number of carboxylic acid groups (broad SMARTS) is 1. The molecule has 4 N–H and O–H groups in total. The zero-order valence-electron chi connectivity index (χ0n) is 11.3. The predicted molar refractivity (Wildman–Crippen MR) is 72.2 cm³/mol. The first-order valence-electron chi connectivity index (χ1n) is 6.89. The number of urea groups is 1. The molecule has 1 heterocycles. The van der Waals surface area contributed by atoms with Crippen molar-refractivity contribution < 1.29 is 14.7 Å². The minimum Gasteiger partial charge on any atom is -0.481 e. The Bertz CT molecular complexity index is 442. The number of hydrogen-bond acceptors (Lipinski definition) is 3. The first-order valence-corrected chi connectivity index (χ1v) is 6.89. The van der Waals surface area contributed by atoms with E-state index in [0.717, 1.165) is 31.5 Å². The highest BCUT2D eigenvalue weighted by Crippen LogP contribution is 2.33. The van der Waals surface area contributed by atoms with Gasteiger partial charge in [-0.2, -0.15) is 0 Å². The molecule has 1 aromatic heterocycles. The molecule has 1 aliphatic carbocycles. The van der Waals surface area contributed by atoms with Crippen molar-refractivity contribution in [1.82, 2.24) is 20.6 Å². The molecular formula is C13H20N4O3. The maximum absolute atomic E-state index is 11.7. The molecule has 0 spiro atoms. The molecule has 1 atom stereocenters. The summed E-state index contributed by atoms with van der Waals surface area (Å²) in [6.07, 6.45) is 7.00. The van der Waals surface area contributed by atoms with Crippen molar-refractivity contribution in [3.8, 4) is 0 Å². The van der Waals surface area contributed by atoms with E-state index in [1.54, 1.807) is 12.4 Å². The normalized spacial score (nSPS) is 15.6. The number of aliphatic carboxylic acids is 1. The minimum atomic E-state index is -0.875. The van der Waals surface area contributed by atoms with Gasteiger partial charge in [0, 0.05) is 31.4 Å². The lowest BCUT2D eigenvalue weighted by atomic mass is 10.1. The highest BCUT2D eigenvalue weighted by atomic mass is 16.4. The highest BCUT2D eigenvalue weighted by Gasteiger charge is 2.33. The zero-order valence-corrected chi connectivity index (χ0v) is 11.3. The fourth-order valence-electron chi connectivity index (χ4n) is 2.13. The second-order valence-electron chi connectivity index (χ2n) is 5.08. The van der Waals surface area contributed by atoms with E-state index in [-0.39, 0.29) is 18.5 Å². The molecule has 0 radical (unpaired) electrons. The van der Waals surface area contributed by atoms with Gasteiger partial charge in [0.1, 0.15) is 5.82 Å². The maximum atomic E-state index is 11.7. The lowest BCUT2D eigenvalue weighted by Crippen LogP contribution is -2.44. The number of imidazole rings is 1. The molecule has 1 saturated carbocycles. The van der Waals surface area contributed by atoms with Gasteiger partial charge in [-0.05, 0) is 25.2 Å². The number of carbonyl (C=O) groups is 2. The summed E-state index contributed by atoms with van der Waals surface area (Å²) in [7, 11) is 0. The van der Waals surface area contributed by atoms with E-state index >= 15 is 0 Å². The number of amides is 2. The first-order chi connectivity index (χ1) is 9.65. The Morgan fingerprint density at radius 3 is 2.90 bits per heavy atom. The number of carboxylic acids is 1. The van der Waals surface area contributed by atoms with Crippen LogP contribution < -0.4 is 10.6 Å². The summed E-state index contributed by atoms with van der Waals surface area (Å²) in [6, 6.07) is -0.542. The van der Waals surface area contributed by atoms with Crippen LogP contribution in [-0.4, -0.2) is 39.7 Å². The second kappa shape index (κ2) is 6.93. The molecule has 2 amide bonds. The fraction of sp³-hybridized carbons (Fsp3) is 0.615. The van der Waals surface area contributed by atoms with Gasteiger partial charge in [0.15, 0.2) is 0 Å². The zero-order chi connectivity index (χ0) is 14.4. The van der Waals surface area contributed by atoms with Crippen LogP contribution in [-0.2, 0) is 11.2 Å². The van der Waals surface area contributed by atoms with Crippen LogP contribution in [0.3, 0.4) is 0 Å². The summed E-state index contributed by atoms with van der Waals surface area (Å²) in [5, 5.41) is 14.3. The Morgan fingerprint density at radius 1 is 1.50 bits per heavy atom. The smallest absolute Gasteiger partial charge is 0.315 e. The molecule has 2 rings (SSSR count). The van der Waals surface area contributed by atoms with E-state index in [1.807, 2.05) is 0 Å². The van der Waals surface area contributed by atoms with Crippen LogP contribution in [0.4, 0.5) is 4.79 Å². The van der Waals surface area contributed by atoms with Crippen molar-refractivity contribution in [1.29, 1.82) is 0 Å². The van der Waals surface area contributed by atoms with E-state index in [9.17, 15) is 9.59 Å². The van der Waals surface area contributed by atoms with Gasteiger partial charge in [-0.25, -0.2) is 9.78 Å². The quantitative estimate of drug-likeness (QED) is 0.530. The Balaban J connectivity index is 1.62. The molecule has 1 fully saturated rings. The summed E-state index contributed by atoms with van der Waals surface area (Å²) in [5.74, 6) is 0.342. The Kier molecular flexibility index (Phi) is 4.97. The Hall–Kier alpha value is -2.05. The van der Waals surface area contributed by atoms with Crippen molar-refractivity contribution >= 4 is 12.0 Å². The number of aromatic amines is 1. The van der Waals surface area contributed by atoms with Gasteiger partial charge < -0.3 is 20.7 Å². The fourth-order valence-corrected chi connectivity index (χ4v) is 2.13. The van der Waals surface area contributed by atoms with E-state index in [2.05, 4.69) is 20.6 Å². The van der Waals surface area contributed by atoms with Crippen LogP contribution >= 0.6 is 0 Å². The lowest BCUT2D eigenvalue weighted by Gasteiger charge is -2.16. The molecule has 20 heavy (non-hydrogen) atoms. The third-order valence-corrected chi connectivity index (χ3v) is 3.33. The molecular weight excluding hydrogens is 260 g/mol. The summed E-state index contributed by atoms with van der Waals surface area (Å²) in [6.45, 7) is 0.539. The van der Waals surface area contributed by atoms with Crippen LogP contribution in [0.1, 0.15) is 31.5 Å². The van der Waals surface area contributed by atoms with Gasteiger partial charge in [-0.15, -0.1) is 0 Å². The second-order valence-corrected chi connectivity index (χ2v) is 5.08. The van der Waals surface area contributed by atoms with Crippen molar-refractivity contribution in [3.05, 3.63) is 18.2 Å². The summed E-state index contributed by atoms with van der Waals surface area (Å²) in [5.41, 5.74) is 0. The number of nitrogens with zero attached hydrogens (tertiary/aromatic N) is 1. The molecule has 7 heteroatoms. The van der Waals surface area contributed by atoms with Crippen LogP contribution in [0.5, 0.6) is 0 Å². The number of hydrogen-bond donors (Lipinski definition) is 4. The average Bonchev–Trinajstić information content (AvgIpc) is 3.11. The molecule has 1 aliphatic rings. The molecule has 1 aromatic rings. The number of aryl methyl sites for hydroxylation is 1. The van der Waals surface area contributed by atoms with Gasteiger partial charge in [-0.3, -0.25) is 4.79 Å². The van der Waals surface area contributed by atoms with Crippen LogP contribution in [0.25, 0.3) is 0 Å². The number of rotatable bonds is 8. The highest BCUT2D eigenvalue weighted by molar-refractivity contribution is 5.75. The molecule has 1 unspecified atom stereocenters. The van der Waals surface area contributed by atoms with Crippen molar-refractivity contribution in [2.75, 3.05) is 6.54 Å². The minimum absolute atomic E-state index is 0.00944. The van der Waals surface area contributed by atoms with Crippen molar-refractivity contribution in [2.24, 2.45) is 5.92 Å². The number of H-pyrrole nitrogens is 1. The molecule has 0 saturated heterocycles. The van der Waals surface area contributed by atoms with Crippen molar-refractivity contribution in [2.45, 2.75) is 38.1 Å². The number of aromatic nitrogens is 2. The summed E-state index contributed by atoms with van der Waals surface area (Å²) >= 11 is 0. The number of nitrogens with one attached hydrogen (secondary N) is 3. The largest absolute Gasteiger partial charge is 0.481 e. The summed E-state index contributed by atoms with van der Waals surface area (Å²) in [4.78, 5) is 29.5. The first kappa shape index (κ1) is 14.4. The lowest BCUT2D eigenvalue weighted by molar-refractivity contribution is -0.137. The SMILES string of the molecule is O=C(O)CC(NC(=O)NCCCc1ncc[nH]1)C1CC1. The third kappa shape index (κ3) is 4.91. The van der Waals surface area contributed by atoms with Gasteiger partial charge in [0.05, 0.1) is 6.42 Å². The van der Waals surface area contributed by atoms with Gasteiger partial charge in [0.2, 0.25) is 0 Å². The monoisotopic (exact) mass is 280 g/mol. The molecule has 7 nitrogen and oxygen atoms in total. The van der Waals surface area contributed by atoms with E-state index in [0.29, 0.717) is 12.5 Å². The standard InChI is InChI=1S/C13H20N4O3/c18-12(19)8-10(9-3-4-9)17-13(20)16-5-1-2-11-14-6-7-15-11/h6-7,9-10H,1-5,8H2,(H,14,15)(H,18,19)(H2,16,17,20). The molecule has 0 aromatic carbocycles. The van der Waals surface area contributed by atoms with Gasteiger partial charge >= 0.3 is 12.0 Å². The molecule has 0 aliphatic heterocycles. The Morgan fingerprint density at radius 2 is 2.30 bits per heavy atom. The summed E-state index contributed by atoms with van der Waals surface area (Å²) < 4.78 is 0. The van der Waals surface area contributed by atoms with Crippen LogP contribution in [0.15, 0.2) is 12.4 Å². The van der Waals surface area contributed by atoms with E-state index in [1.165, 1.54) is 0 Å². The molecule has 110 valence electrons. The third-order valence-electron chi connectivity index (χ3n) is 3.33. The predicted octanol–water partition coefficient (Wildman–Crippen LogP) is 0.895. The van der Waals surface area contributed by atoms with Gasteiger partial charge in [0.25, 0.3) is 0 Å². The van der Waals surface area contributed by atoms with Crippen LogP contribution in [0, 0.1) is 5.92 Å². The van der Waals surface area contributed by atoms with Crippen LogP contribution in [0.2, 0.25) is 0 Å². The topological polar surface area (TPSA) is 107 Å².